The Morgan fingerprint density at radius 1 is 1.10 bits per heavy atom. The van der Waals surface area contributed by atoms with E-state index in [2.05, 4.69) is 37.6 Å². The van der Waals surface area contributed by atoms with Gasteiger partial charge in [-0.1, -0.05) is 23.7 Å². The highest BCUT2D eigenvalue weighted by Crippen LogP contribution is 2.34. The predicted octanol–water partition coefficient (Wildman–Crippen LogP) is 3.69. The minimum atomic E-state index is -3.70. The maximum absolute atomic E-state index is 12.8. The Labute approximate surface area is 245 Å². The molecule has 2 aliphatic rings. The summed E-state index contributed by atoms with van der Waals surface area (Å²) in [6.07, 6.45) is 3.36. The molecule has 0 radical (unpaired) electrons. The number of aromatic nitrogens is 2. The number of para-hydroxylation sites is 1. The maximum Gasteiger partial charge on any atom is 0.244 e. The molecule has 41 heavy (non-hydrogen) atoms. The van der Waals surface area contributed by atoms with Crippen LogP contribution in [-0.4, -0.2) is 94.4 Å². The lowest BCUT2D eigenvalue weighted by Gasteiger charge is -2.28. The Hall–Kier alpha value is -3.00. The molecular weight excluding hydrogens is 568 g/mol. The number of halogens is 1. The van der Waals surface area contributed by atoms with Gasteiger partial charge < -0.3 is 29.7 Å². The standard InChI is InChI=1S/C28H35ClN6O5S/c1-34(2)41(36,37)26-7-5-4-6-23(26)31-27-22(29)16-30-28(33-27)32-24-14-19-8-10-35(17-21-18-39-12-13-40-21)11-9-20(19)15-25(24)38-3/h4-7,14-16,21H,8-13,17-18H2,1-3H3,(H2,30,31,32,33). The second kappa shape index (κ2) is 12.9. The van der Waals surface area contributed by atoms with Crippen LogP contribution >= 0.6 is 11.6 Å². The highest BCUT2D eigenvalue weighted by molar-refractivity contribution is 7.89. The van der Waals surface area contributed by atoms with E-state index in [-0.39, 0.29) is 27.8 Å². The molecule has 2 aliphatic heterocycles. The Morgan fingerprint density at radius 3 is 2.56 bits per heavy atom. The zero-order valence-corrected chi connectivity index (χ0v) is 25.0. The molecule has 2 N–H and O–H groups in total. The van der Waals surface area contributed by atoms with Gasteiger partial charge in [0.1, 0.15) is 15.7 Å². The first-order chi connectivity index (χ1) is 19.7. The van der Waals surface area contributed by atoms with Crippen LogP contribution in [0.3, 0.4) is 0 Å². The van der Waals surface area contributed by atoms with Crippen molar-refractivity contribution in [2.45, 2.75) is 23.8 Å². The summed E-state index contributed by atoms with van der Waals surface area (Å²) in [7, 11) is 0.903. The number of hydrogen-bond donors (Lipinski definition) is 2. The van der Waals surface area contributed by atoms with E-state index in [1.165, 1.54) is 37.5 Å². The summed E-state index contributed by atoms with van der Waals surface area (Å²) >= 11 is 6.41. The average Bonchev–Trinajstić information content (AvgIpc) is 3.16. The van der Waals surface area contributed by atoms with Gasteiger partial charge in [0, 0.05) is 33.7 Å². The van der Waals surface area contributed by atoms with E-state index >= 15 is 0 Å². The number of benzene rings is 2. The van der Waals surface area contributed by atoms with Gasteiger partial charge in [0.05, 0.1) is 50.6 Å². The predicted molar refractivity (Wildman–Crippen MR) is 158 cm³/mol. The summed E-state index contributed by atoms with van der Waals surface area (Å²) in [5.74, 6) is 1.23. The Balaban J connectivity index is 1.35. The molecule has 1 atom stereocenters. The first-order valence-corrected chi connectivity index (χ1v) is 15.3. The first kappa shape index (κ1) is 29.5. The molecule has 1 fully saturated rings. The number of rotatable bonds is 9. The van der Waals surface area contributed by atoms with Crippen molar-refractivity contribution in [1.82, 2.24) is 19.2 Å². The number of nitrogens with one attached hydrogen (secondary N) is 2. The third-order valence-electron chi connectivity index (χ3n) is 7.15. The topological polar surface area (TPSA) is 118 Å². The summed E-state index contributed by atoms with van der Waals surface area (Å²) in [6.45, 7) is 4.65. The average molecular weight is 603 g/mol. The van der Waals surface area contributed by atoms with E-state index in [1.807, 2.05) is 0 Å². The van der Waals surface area contributed by atoms with Gasteiger partial charge in [-0.3, -0.25) is 0 Å². The Morgan fingerprint density at radius 2 is 1.85 bits per heavy atom. The van der Waals surface area contributed by atoms with E-state index in [1.54, 1.807) is 25.3 Å². The number of ether oxygens (including phenoxy) is 3. The molecule has 13 heteroatoms. The highest BCUT2D eigenvalue weighted by Gasteiger charge is 2.23. The summed E-state index contributed by atoms with van der Waals surface area (Å²) < 4.78 is 44.0. The molecule has 0 aliphatic carbocycles. The normalized spacial score (nSPS) is 18.0. The van der Waals surface area contributed by atoms with Crippen LogP contribution in [0.5, 0.6) is 5.75 Å². The van der Waals surface area contributed by atoms with Crippen LogP contribution in [0.25, 0.3) is 0 Å². The molecule has 1 unspecified atom stereocenters. The molecular formula is C28H35ClN6O5S. The van der Waals surface area contributed by atoms with E-state index in [0.29, 0.717) is 31.3 Å². The highest BCUT2D eigenvalue weighted by atomic mass is 35.5. The number of sulfonamides is 1. The van der Waals surface area contributed by atoms with Crippen molar-refractivity contribution in [2.75, 3.05) is 71.3 Å². The van der Waals surface area contributed by atoms with Gasteiger partial charge in [0.25, 0.3) is 0 Å². The third-order valence-corrected chi connectivity index (χ3v) is 9.30. The van der Waals surface area contributed by atoms with Crippen LogP contribution in [0.1, 0.15) is 11.1 Å². The summed E-state index contributed by atoms with van der Waals surface area (Å²) in [5.41, 5.74) is 3.55. The van der Waals surface area contributed by atoms with Gasteiger partial charge >= 0.3 is 0 Å². The van der Waals surface area contributed by atoms with Gasteiger partial charge in [0.2, 0.25) is 16.0 Å². The van der Waals surface area contributed by atoms with Crippen molar-refractivity contribution in [3.05, 3.63) is 58.7 Å². The van der Waals surface area contributed by atoms with Crippen LogP contribution in [0, 0.1) is 0 Å². The second-order valence-corrected chi connectivity index (χ2v) is 12.6. The Bertz CT molecular complexity index is 1480. The minimum Gasteiger partial charge on any atom is -0.495 e. The van der Waals surface area contributed by atoms with Crippen molar-refractivity contribution in [2.24, 2.45) is 0 Å². The fraction of sp³-hybridized carbons (Fsp3) is 0.429. The summed E-state index contributed by atoms with van der Waals surface area (Å²) in [6, 6.07) is 10.7. The zero-order valence-electron chi connectivity index (χ0n) is 23.4. The molecule has 1 aromatic heterocycles. The molecule has 220 valence electrons. The molecule has 0 bridgehead atoms. The van der Waals surface area contributed by atoms with Crippen molar-refractivity contribution in [3.8, 4) is 5.75 Å². The molecule has 11 nitrogen and oxygen atoms in total. The molecule has 1 saturated heterocycles. The molecule has 3 heterocycles. The van der Waals surface area contributed by atoms with E-state index in [4.69, 9.17) is 25.8 Å². The van der Waals surface area contributed by atoms with Crippen molar-refractivity contribution in [3.63, 3.8) is 0 Å². The molecule has 0 spiro atoms. The quantitative estimate of drug-likeness (QED) is 0.375. The molecule has 2 aromatic carbocycles. The van der Waals surface area contributed by atoms with Gasteiger partial charge in [-0.25, -0.2) is 17.7 Å². The number of anilines is 4. The lowest BCUT2D eigenvalue weighted by Crippen LogP contribution is -2.41. The van der Waals surface area contributed by atoms with Gasteiger partial charge in [0.15, 0.2) is 5.82 Å². The van der Waals surface area contributed by atoms with Crippen LogP contribution in [0.2, 0.25) is 5.02 Å². The zero-order chi connectivity index (χ0) is 29.0. The summed E-state index contributed by atoms with van der Waals surface area (Å²) in [4.78, 5) is 11.4. The number of methoxy groups -OCH3 is 1. The van der Waals surface area contributed by atoms with E-state index < -0.39 is 10.0 Å². The fourth-order valence-electron chi connectivity index (χ4n) is 4.93. The molecule has 0 amide bonds. The van der Waals surface area contributed by atoms with Gasteiger partial charge in [-0.2, -0.15) is 4.98 Å². The summed E-state index contributed by atoms with van der Waals surface area (Å²) in [5, 5.41) is 6.58. The van der Waals surface area contributed by atoms with E-state index in [0.717, 1.165) is 42.5 Å². The first-order valence-electron chi connectivity index (χ1n) is 13.4. The number of hydrogen-bond acceptors (Lipinski definition) is 10. The largest absolute Gasteiger partial charge is 0.495 e. The van der Waals surface area contributed by atoms with Crippen LogP contribution in [0.4, 0.5) is 23.1 Å². The smallest absolute Gasteiger partial charge is 0.244 e. The maximum atomic E-state index is 12.8. The van der Waals surface area contributed by atoms with Gasteiger partial charge in [-0.05, 0) is 48.2 Å². The monoisotopic (exact) mass is 602 g/mol. The van der Waals surface area contributed by atoms with E-state index in [9.17, 15) is 8.42 Å². The van der Waals surface area contributed by atoms with Gasteiger partial charge in [-0.15, -0.1) is 0 Å². The lowest BCUT2D eigenvalue weighted by atomic mass is 10.0. The van der Waals surface area contributed by atoms with Crippen molar-refractivity contribution < 1.29 is 22.6 Å². The van der Waals surface area contributed by atoms with Crippen LogP contribution in [0.15, 0.2) is 47.5 Å². The van der Waals surface area contributed by atoms with Crippen LogP contribution < -0.4 is 15.4 Å². The number of nitrogens with zero attached hydrogens (tertiary/aromatic N) is 4. The molecule has 0 saturated carbocycles. The SMILES string of the molecule is COc1cc2c(cc1Nc1ncc(Cl)c(Nc3ccccc3S(=O)(=O)N(C)C)n1)CCN(CC1COCCO1)CC2. The number of fused-ring (bicyclic) bond motifs is 1. The minimum absolute atomic E-state index is 0.108. The second-order valence-electron chi connectivity index (χ2n) is 10.1. The van der Waals surface area contributed by atoms with Crippen molar-refractivity contribution >= 4 is 44.8 Å². The fourth-order valence-corrected chi connectivity index (χ4v) is 6.11. The third kappa shape index (κ3) is 6.91. The molecule has 5 rings (SSSR count). The van der Waals surface area contributed by atoms with Crippen molar-refractivity contribution in [1.29, 1.82) is 0 Å². The Kier molecular flexibility index (Phi) is 9.27. The molecule has 3 aromatic rings. The lowest BCUT2D eigenvalue weighted by molar-refractivity contribution is -0.0972. The van der Waals surface area contributed by atoms with Crippen LogP contribution in [-0.2, 0) is 32.3 Å².